The van der Waals surface area contributed by atoms with Crippen LogP contribution < -0.4 is 4.74 Å². The highest BCUT2D eigenvalue weighted by Gasteiger charge is 2.45. The van der Waals surface area contributed by atoms with Crippen molar-refractivity contribution in [2.24, 2.45) is 0 Å². The molecule has 1 aliphatic heterocycles. The molecule has 0 radical (unpaired) electrons. The number of fused-ring (bicyclic) bond motifs is 2. The third-order valence-corrected chi connectivity index (χ3v) is 6.05. The lowest BCUT2D eigenvalue weighted by Gasteiger charge is -2.41. The fourth-order valence-corrected chi connectivity index (χ4v) is 4.73. The van der Waals surface area contributed by atoms with E-state index in [0.29, 0.717) is 5.02 Å². The van der Waals surface area contributed by atoms with E-state index in [4.69, 9.17) is 16.3 Å². The van der Waals surface area contributed by atoms with Crippen LogP contribution in [0.5, 0.6) is 11.5 Å². The molecule has 0 fully saturated rings. The minimum Gasteiger partial charge on any atom is -0.457 e. The van der Waals surface area contributed by atoms with Gasteiger partial charge in [0, 0.05) is 20.6 Å². The Bertz CT molecular complexity index is 1060. The van der Waals surface area contributed by atoms with Crippen molar-refractivity contribution in [1.29, 1.82) is 0 Å². The van der Waals surface area contributed by atoms with Crippen molar-refractivity contribution in [3.8, 4) is 11.5 Å². The van der Waals surface area contributed by atoms with E-state index < -0.39 is 5.41 Å². The molecular weight excluding hydrogens is 432 g/mol. The zero-order chi connectivity index (χ0) is 19.1. The first-order valence-electron chi connectivity index (χ1n) is 9.08. The van der Waals surface area contributed by atoms with Crippen LogP contribution in [-0.4, -0.2) is 0 Å². The van der Waals surface area contributed by atoms with Crippen LogP contribution in [0.25, 0.3) is 0 Å². The van der Waals surface area contributed by atoms with E-state index in [-0.39, 0.29) is 0 Å². The maximum Gasteiger partial charge on any atom is 0.132 e. The fourth-order valence-electron chi connectivity index (χ4n) is 4.20. The van der Waals surface area contributed by atoms with E-state index in [0.717, 1.165) is 27.1 Å². The van der Waals surface area contributed by atoms with Crippen molar-refractivity contribution >= 4 is 27.5 Å². The summed E-state index contributed by atoms with van der Waals surface area (Å²) >= 11 is 10.1. The lowest BCUT2D eigenvalue weighted by Crippen LogP contribution is -2.34. The standard InChI is InChI=1S/C25H16BrClO/c26-19-11-13-23-21(15-19)25(17-7-3-1-4-8-17,18-9-5-2-6-10-18)22-16-20(27)12-14-24(22)28-23/h1-16H. The molecular formula is C25H16BrClO. The van der Waals surface area contributed by atoms with Crippen molar-refractivity contribution in [2.45, 2.75) is 5.41 Å². The Hall–Kier alpha value is -2.55. The number of hydrogen-bond donors (Lipinski definition) is 0. The summed E-state index contributed by atoms with van der Waals surface area (Å²) in [6, 6.07) is 33.2. The lowest BCUT2D eigenvalue weighted by molar-refractivity contribution is 0.434. The molecule has 0 aliphatic carbocycles. The summed E-state index contributed by atoms with van der Waals surface area (Å²) in [5, 5.41) is 0.692. The Morgan fingerprint density at radius 3 is 1.79 bits per heavy atom. The van der Waals surface area contributed by atoms with E-state index in [1.54, 1.807) is 0 Å². The Labute approximate surface area is 177 Å². The first-order chi connectivity index (χ1) is 13.7. The van der Waals surface area contributed by atoms with Crippen LogP contribution in [0.15, 0.2) is 102 Å². The van der Waals surface area contributed by atoms with E-state index in [1.807, 2.05) is 42.5 Å². The van der Waals surface area contributed by atoms with Crippen molar-refractivity contribution in [3.63, 3.8) is 0 Å². The van der Waals surface area contributed by atoms with E-state index in [9.17, 15) is 0 Å². The Balaban J connectivity index is 1.99. The number of hydrogen-bond acceptors (Lipinski definition) is 1. The molecule has 0 spiro atoms. The maximum atomic E-state index is 6.47. The molecule has 4 aromatic carbocycles. The van der Waals surface area contributed by atoms with Gasteiger partial charge in [-0.15, -0.1) is 0 Å². The van der Waals surface area contributed by atoms with Gasteiger partial charge in [0.05, 0.1) is 5.41 Å². The van der Waals surface area contributed by atoms with Gasteiger partial charge in [-0.3, -0.25) is 0 Å². The van der Waals surface area contributed by atoms with Gasteiger partial charge in [0.2, 0.25) is 0 Å². The average Bonchev–Trinajstić information content (AvgIpc) is 2.74. The van der Waals surface area contributed by atoms with E-state index in [2.05, 4.69) is 70.5 Å². The molecule has 3 heteroatoms. The summed E-state index contributed by atoms with van der Waals surface area (Å²) in [5.41, 5.74) is 3.96. The monoisotopic (exact) mass is 446 g/mol. The molecule has 5 rings (SSSR count). The second-order valence-electron chi connectivity index (χ2n) is 6.87. The third-order valence-electron chi connectivity index (χ3n) is 5.32. The number of ether oxygens (including phenoxy) is 1. The van der Waals surface area contributed by atoms with Crippen LogP contribution in [0.1, 0.15) is 22.3 Å². The second-order valence-corrected chi connectivity index (χ2v) is 8.22. The molecule has 0 atom stereocenters. The average molecular weight is 448 g/mol. The predicted octanol–water partition coefficient (Wildman–Crippen LogP) is 7.59. The molecule has 1 heterocycles. The largest absolute Gasteiger partial charge is 0.457 e. The van der Waals surface area contributed by atoms with Gasteiger partial charge < -0.3 is 4.74 Å². The van der Waals surface area contributed by atoms with Crippen LogP contribution in [-0.2, 0) is 5.41 Å². The van der Waals surface area contributed by atoms with Crippen molar-refractivity contribution in [3.05, 3.63) is 129 Å². The van der Waals surface area contributed by atoms with Gasteiger partial charge >= 0.3 is 0 Å². The van der Waals surface area contributed by atoms with E-state index >= 15 is 0 Å². The minimum atomic E-state index is -0.528. The topological polar surface area (TPSA) is 9.23 Å². The maximum absolute atomic E-state index is 6.47. The fraction of sp³-hybridized carbons (Fsp3) is 0.0400. The SMILES string of the molecule is Clc1ccc2c(c1)C(c1ccccc1)(c1ccccc1)c1cc(Br)ccc1O2. The first-order valence-corrected chi connectivity index (χ1v) is 10.3. The number of rotatable bonds is 2. The van der Waals surface area contributed by atoms with Crippen molar-refractivity contribution in [2.75, 3.05) is 0 Å². The normalized spacial score (nSPS) is 13.9. The van der Waals surface area contributed by atoms with Gasteiger partial charge in [0.15, 0.2) is 0 Å². The summed E-state index contributed by atoms with van der Waals surface area (Å²) in [5.74, 6) is 1.68. The zero-order valence-corrected chi connectivity index (χ0v) is 17.2. The van der Waals surface area contributed by atoms with Crippen molar-refractivity contribution < 1.29 is 4.74 Å². The summed E-state index contributed by atoms with van der Waals surface area (Å²) in [6.45, 7) is 0. The van der Waals surface area contributed by atoms with Crippen LogP contribution in [0.2, 0.25) is 5.02 Å². The predicted molar refractivity (Wildman–Crippen MR) is 118 cm³/mol. The highest BCUT2D eigenvalue weighted by molar-refractivity contribution is 9.10. The number of benzene rings is 4. The summed E-state index contributed by atoms with van der Waals surface area (Å²) in [7, 11) is 0. The molecule has 0 N–H and O–H groups in total. The molecule has 4 aromatic rings. The van der Waals surface area contributed by atoms with Crippen LogP contribution in [0, 0.1) is 0 Å². The van der Waals surface area contributed by atoms with Crippen LogP contribution in [0.4, 0.5) is 0 Å². The second kappa shape index (κ2) is 6.80. The van der Waals surface area contributed by atoms with Crippen molar-refractivity contribution in [1.82, 2.24) is 0 Å². The molecule has 0 saturated heterocycles. The van der Waals surface area contributed by atoms with Gasteiger partial charge in [-0.25, -0.2) is 0 Å². The molecule has 1 aliphatic rings. The van der Waals surface area contributed by atoms with Gasteiger partial charge in [0.25, 0.3) is 0 Å². The lowest BCUT2D eigenvalue weighted by atomic mass is 9.64. The molecule has 0 saturated carbocycles. The van der Waals surface area contributed by atoms with Gasteiger partial charge in [-0.1, -0.05) is 88.2 Å². The minimum absolute atomic E-state index is 0.528. The molecule has 1 nitrogen and oxygen atoms in total. The quantitative estimate of drug-likeness (QED) is 0.271. The molecule has 0 amide bonds. The highest BCUT2D eigenvalue weighted by atomic mass is 79.9. The molecule has 0 bridgehead atoms. The van der Waals surface area contributed by atoms with Gasteiger partial charge in [0.1, 0.15) is 11.5 Å². The Morgan fingerprint density at radius 1 is 0.643 bits per heavy atom. The summed E-state index contributed by atoms with van der Waals surface area (Å²) < 4.78 is 7.32. The van der Waals surface area contributed by atoms with Gasteiger partial charge in [-0.05, 0) is 47.5 Å². The van der Waals surface area contributed by atoms with Crippen LogP contribution in [0.3, 0.4) is 0 Å². The number of halogens is 2. The summed E-state index contributed by atoms with van der Waals surface area (Å²) in [6.07, 6.45) is 0. The Morgan fingerprint density at radius 2 is 1.18 bits per heavy atom. The molecule has 28 heavy (non-hydrogen) atoms. The molecule has 0 aromatic heterocycles. The molecule has 0 unspecified atom stereocenters. The highest BCUT2D eigenvalue weighted by Crippen LogP contribution is 2.56. The Kier molecular flexibility index (Phi) is 4.26. The smallest absolute Gasteiger partial charge is 0.132 e. The summed E-state index contributed by atoms with van der Waals surface area (Å²) in [4.78, 5) is 0. The zero-order valence-electron chi connectivity index (χ0n) is 14.9. The van der Waals surface area contributed by atoms with E-state index in [1.165, 1.54) is 11.1 Å². The van der Waals surface area contributed by atoms with Crippen LogP contribution >= 0.6 is 27.5 Å². The third kappa shape index (κ3) is 2.60. The van der Waals surface area contributed by atoms with Gasteiger partial charge in [-0.2, -0.15) is 0 Å². The first kappa shape index (κ1) is 17.5. The molecule has 136 valence electrons.